The second kappa shape index (κ2) is 4.11. The molecule has 1 N–H and O–H groups in total. The molecule has 1 atom stereocenters. The van der Waals surface area contributed by atoms with E-state index in [1.54, 1.807) is 0 Å². The molecule has 0 radical (unpaired) electrons. The van der Waals surface area contributed by atoms with Gasteiger partial charge >= 0.3 is 0 Å². The summed E-state index contributed by atoms with van der Waals surface area (Å²) in [5.41, 5.74) is 3.23. The van der Waals surface area contributed by atoms with Crippen molar-refractivity contribution in [3.8, 4) is 0 Å². The zero-order valence-electron chi connectivity index (χ0n) is 10.5. The molecule has 0 amide bonds. The summed E-state index contributed by atoms with van der Waals surface area (Å²) >= 11 is 0. The molecule has 1 aromatic rings. The predicted octanol–water partition coefficient (Wildman–Crippen LogP) is 2.09. The van der Waals surface area contributed by atoms with Crippen molar-refractivity contribution in [3.05, 3.63) is 35.4 Å². The van der Waals surface area contributed by atoms with E-state index in [1.165, 1.54) is 24.0 Å². The molecule has 92 valence electrons. The third-order valence-electron chi connectivity index (χ3n) is 4.29. The zero-order valence-corrected chi connectivity index (χ0v) is 10.5. The van der Waals surface area contributed by atoms with E-state index in [0.717, 1.165) is 26.1 Å². The Morgan fingerprint density at radius 1 is 1.29 bits per heavy atom. The molecule has 0 spiro atoms. The first-order valence-corrected chi connectivity index (χ1v) is 6.66. The average molecular weight is 231 g/mol. The lowest BCUT2D eigenvalue weighted by molar-refractivity contribution is 0.173. The fourth-order valence-corrected chi connectivity index (χ4v) is 2.98. The van der Waals surface area contributed by atoms with Gasteiger partial charge in [-0.1, -0.05) is 29.8 Å². The van der Waals surface area contributed by atoms with Gasteiger partial charge in [-0.3, -0.25) is 4.90 Å². The summed E-state index contributed by atoms with van der Waals surface area (Å²) in [4.78, 5) is 2.43. The number of benzene rings is 1. The first kappa shape index (κ1) is 11.2. The highest BCUT2D eigenvalue weighted by Gasteiger charge is 2.45. The minimum Gasteiger partial charge on any atom is -0.392 e. The summed E-state index contributed by atoms with van der Waals surface area (Å²) in [6.07, 6.45) is 3.47. The number of β-amino-alcohol motifs (C(OH)–C–C–N with tert-alkyl or cyclic N) is 1. The van der Waals surface area contributed by atoms with Crippen LogP contribution in [0.25, 0.3) is 0 Å². The fraction of sp³-hybridized carbons (Fsp3) is 0.600. The van der Waals surface area contributed by atoms with E-state index in [2.05, 4.69) is 36.1 Å². The third-order valence-corrected chi connectivity index (χ3v) is 4.29. The molecular weight excluding hydrogens is 210 g/mol. The minimum atomic E-state index is -0.0937. The van der Waals surface area contributed by atoms with Crippen molar-refractivity contribution in [2.45, 2.75) is 37.7 Å². The quantitative estimate of drug-likeness (QED) is 0.861. The molecule has 0 unspecified atom stereocenters. The van der Waals surface area contributed by atoms with Gasteiger partial charge in [-0.25, -0.2) is 0 Å². The van der Waals surface area contributed by atoms with Crippen LogP contribution < -0.4 is 0 Å². The summed E-state index contributed by atoms with van der Waals surface area (Å²) in [6, 6.07) is 9.01. The second-order valence-corrected chi connectivity index (χ2v) is 5.82. The van der Waals surface area contributed by atoms with Gasteiger partial charge in [0, 0.05) is 25.0 Å². The van der Waals surface area contributed by atoms with Gasteiger partial charge in [-0.15, -0.1) is 0 Å². The number of rotatable bonds is 3. The Hall–Kier alpha value is -0.860. The summed E-state index contributed by atoms with van der Waals surface area (Å²) in [5, 5.41) is 9.58. The molecule has 2 heteroatoms. The highest BCUT2D eigenvalue weighted by atomic mass is 16.3. The molecular formula is C15H21NO. The Morgan fingerprint density at radius 2 is 2.00 bits per heavy atom. The van der Waals surface area contributed by atoms with Crippen LogP contribution in [-0.2, 0) is 5.41 Å². The van der Waals surface area contributed by atoms with Crippen molar-refractivity contribution in [3.63, 3.8) is 0 Å². The van der Waals surface area contributed by atoms with Crippen molar-refractivity contribution in [2.75, 3.05) is 19.6 Å². The standard InChI is InChI=1S/C15H21NO/c1-12-2-4-13(5-3-12)15(7-8-15)11-16-9-6-14(17)10-16/h2-5,14,17H,6-11H2,1H3/t14-/m1/s1. The lowest BCUT2D eigenvalue weighted by Crippen LogP contribution is -2.31. The molecule has 1 saturated heterocycles. The van der Waals surface area contributed by atoms with E-state index < -0.39 is 0 Å². The molecule has 1 saturated carbocycles. The van der Waals surface area contributed by atoms with Gasteiger partial charge in [0.05, 0.1) is 6.10 Å². The maximum atomic E-state index is 9.58. The first-order valence-electron chi connectivity index (χ1n) is 6.66. The highest BCUT2D eigenvalue weighted by Crippen LogP contribution is 2.49. The van der Waals surface area contributed by atoms with Crippen molar-refractivity contribution >= 4 is 0 Å². The van der Waals surface area contributed by atoms with E-state index >= 15 is 0 Å². The third kappa shape index (κ3) is 2.24. The summed E-state index contributed by atoms with van der Waals surface area (Å²) in [5.74, 6) is 0. The van der Waals surface area contributed by atoms with E-state index in [1.807, 2.05) is 0 Å². The van der Waals surface area contributed by atoms with Crippen LogP contribution in [0.15, 0.2) is 24.3 Å². The molecule has 0 aromatic heterocycles. The summed E-state index contributed by atoms with van der Waals surface area (Å²) < 4.78 is 0. The van der Waals surface area contributed by atoms with Crippen LogP contribution in [0, 0.1) is 6.92 Å². The number of nitrogens with zero attached hydrogens (tertiary/aromatic N) is 1. The molecule has 1 aliphatic heterocycles. The average Bonchev–Trinajstić information content (AvgIpc) is 2.97. The maximum absolute atomic E-state index is 9.58. The van der Waals surface area contributed by atoms with Gasteiger partial charge < -0.3 is 5.11 Å². The van der Waals surface area contributed by atoms with Crippen LogP contribution in [-0.4, -0.2) is 35.7 Å². The monoisotopic (exact) mass is 231 g/mol. The first-order chi connectivity index (χ1) is 8.18. The number of aryl methyl sites for hydroxylation is 1. The minimum absolute atomic E-state index is 0.0937. The van der Waals surface area contributed by atoms with Gasteiger partial charge in [0.1, 0.15) is 0 Å². The highest BCUT2D eigenvalue weighted by molar-refractivity contribution is 5.34. The number of aliphatic hydroxyl groups is 1. The molecule has 17 heavy (non-hydrogen) atoms. The Labute approximate surface area is 103 Å². The van der Waals surface area contributed by atoms with Crippen molar-refractivity contribution in [1.29, 1.82) is 0 Å². The van der Waals surface area contributed by atoms with E-state index in [4.69, 9.17) is 0 Å². The molecule has 0 bridgehead atoms. The van der Waals surface area contributed by atoms with Gasteiger partial charge in [0.2, 0.25) is 0 Å². The van der Waals surface area contributed by atoms with Crippen LogP contribution in [0.4, 0.5) is 0 Å². The van der Waals surface area contributed by atoms with Gasteiger partial charge in [0.25, 0.3) is 0 Å². The van der Waals surface area contributed by atoms with Crippen molar-refractivity contribution in [2.24, 2.45) is 0 Å². The number of aliphatic hydroxyl groups excluding tert-OH is 1. The second-order valence-electron chi connectivity index (χ2n) is 5.82. The zero-order chi connectivity index (χ0) is 11.9. The Balaban J connectivity index is 1.71. The largest absolute Gasteiger partial charge is 0.392 e. The molecule has 3 rings (SSSR count). The molecule has 1 aliphatic carbocycles. The normalized spacial score (nSPS) is 27.3. The molecule has 1 aromatic carbocycles. The van der Waals surface area contributed by atoms with Crippen LogP contribution in [0.1, 0.15) is 30.4 Å². The van der Waals surface area contributed by atoms with Gasteiger partial charge in [-0.2, -0.15) is 0 Å². The predicted molar refractivity (Wildman–Crippen MR) is 69.2 cm³/mol. The maximum Gasteiger partial charge on any atom is 0.0679 e. The Morgan fingerprint density at radius 3 is 2.53 bits per heavy atom. The van der Waals surface area contributed by atoms with Crippen LogP contribution in [0.3, 0.4) is 0 Å². The summed E-state index contributed by atoms with van der Waals surface area (Å²) in [6.45, 7) is 5.20. The molecule has 2 aliphatic rings. The molecule has 2 fully saturated rings. The van der Waals surface area contributed by atoms with E-state index in [-0.39, 0.29) is 6.10 Å². The SMILES string of the molecule is Cc1ccc(C2(CN3CC[C@@H](O)C3)CC2)cc1. The van der Waals surface area contributed by atoms with Crippen molar-refractivity contribution in [1.82, 2.24) is 4.90 Å². The molecule has 1 heterocycles. The van der Waals surface area contributed by atoms with Crippen LogP contribution >= 0.6 is 0 Å². The van der Waals surface area contributed by atoms with Gasteiger partial charge in [-0.05, 0) is 31.7 Å². The fourth-order valence-electron chi connectivity index (χ4n) is 2.98. The lowest BCUT2D eigenvalue weighted by Gasteiger charge is -2.23. The van der Waals surface area contributed by atoms with E-state index in [0.29, 0.717) is 5.41 Å². The number of likely N-dealkylation sites (tertiary alicyclic amines) is 1. The topological polar surface area (TPSA) is 23.5 Å². The summed E-state index contributed by atoms with van der Waals surface area (Å²) in [7, 11) is 0. The van der Waals surface area contributed by atoms with Crippen LogP contribution in [0.5, 0.6) is 0 Å². The Bertz CT molecular complexity index is 394. The number of hydrogen-bond donors (Lipinski definition) is 1. The van der Waals surface area contributed by atoms with Crippen molar-refractivity contribution < 1.29 is 5.11 Å². The van der Waals surface area contributed by atoms with Gasteiger partial charge in [0.15, 0.2) is 0 Å². The number of hydrogen-bond acceptors (Lipinski definition) is 2. The van der Waals surface area contributed by atoms with Crippen LogP contribution in [0.2, 0.25) is 0 Å². The Kier molecular flexibility index (Phi) is 2.72. The smallest absolute Gasteiger partial charge is 0.0679 e. The molecule has 2 nitrogen and oxygen atoms in total. The lowest BCUT2D eigenvalue weighted by atomic mass is 9.94. The van der Waals surface area contributed by atoms with E-state index in [9.17, 15) is 5.11 Å².